The molecule has 1 aromatic rings. The number of hydrogen-bond donors (Lipinski definition) is 1. The lowest BCUT2D eigenvalue weighted by molar-refractivity contribution is -0.118. The zero-order valence-electron chi connectivity index (χ0n) is 9.78. The molecule has 0 radical (unpaired) electrons. The summed E-state index contributed by atoms with van der Waals surface area (Å²) in [5.41, 5.74) is 7.95. The fourth-order valence-electron chi connectivity index (χ4n) is 1.54. The summed E-state index contributed by atoms with van der Waals surface area (Å²) in [5.74, 6) is 0.170. The van der Waals surface area contributed by atoms with E-state index in [1.807, 2.05) is 37.3 Å². The number of carbonyl (C=O) groups is 1. The van der Waals surface area contributed by atoms with Crippen LogP contribution in [-0.4, -0.2) is 5.78 Å². The van der Waals surface area contributed by atoms with Crippen molar-refractivity contribution in [1.82, 2.24) is 0 Å². The number of nitrogens with two attached hydrogens (primary N) is 1. The molecule has 2 heteroatoms. The van der Waals surface area contributed by atoms with Crippen LogP contribution in [0, 0.1) is 0 Å². The van der Waals surface area contributed by atoms with Crippen molar-refractivity contribution in [2.45, 2.75) is 32.2 Å². The standard InChI is InChI=1S/C14H19NO/c1-3-11(2)9-13(16)10-14(15)12-7-5-4-6-8-12/h4-8,14H,2-3,9-10,15H2,1H3. The molecule has 0 aliphatic rings. The molecule has 0 saturated carbocycles. The van der Waals surface area contributed by atoms with Gasteiger partial charge in [-0.2, -0.15) is 0 Å². The topological polar surface area (TPSA) is 43.1 Å². The van der Waals surface area contributed by atoms with Crippen molar-refractivity contribution < 1.29 is 4.79 Å². The van der Waals surface area contributed by atoms with Gasteiger partial charge in [0, 0.05) is 18.9 Å². The van der Waals surface area contributed by atoms with Crippen LogP contribution >= 0.6 is 0 Å². The second kappa shape index (κ2) is 6.23. The molecule has 0 fully saturated rings. The molecule has 0 amide bonds. The summed E-state index contributed by atoms with van der Waals surface area (Å²) in [5, 5.41) is 0. The van der Waals surface area contributed by atoms with Gasteiger partial charge in [-0.1, -0.05) is 49.4 Å². The van der Waals surface area contributed by atoms with Crippen LogP contribution in [0.1, 0.15) is 37.8 Å². The van der Waals surface area contributed by atoms with E-state index >= 15 is 0 Å². The largest absolute Gasteiger partial charge is 0.324 e. The molecule has 0 spiro atoms. The molecule has 0 saturated heterocycles. The quantitative estimate of drug-likeness (QED) is 0.744. The molecule has 0 aromatic heterocycles. The van der Waals surface area contributed by atoms with Gasteiger partial charge < -0.3 is 5.73 Å². The molecule has 1 atom stereocenters. The minimum atomic E-state index is -0.196. The van der Waals surface area contributed by atoms with Gasteiger partial charge >= 0.3 is 0 Å². The normalized spacial score (nSPS) is 12.1. The van der Waals surface area contributed by atoms with E-state index in [1.54, 1.807) is 0 Å². The third kappa shape index (κ3) is 3.99. The molecular weight excluding hydrogens is 198 g/mol. The zero-order chi connectivity index (χ0) is 12.0. The molecule has 0 bridgehead atoms. The molecule has 1 unspecified atom stereocenters. The SMILES string of the molecule is C=C(CC)CC(=O)CC(N)c1ccccc1. The first-order chi connectivity index (χ1) is 7.63. The Morgan fingerprint density at radius 3 is 2.56 bits per heavy atom. The van der Waals surface area contributed by atoms with Crippen molar-refractivity contribution in [3.8, 4) is 0 Å². The molecule has 0 heterocycles. The van der Waals surface area contributed by atoms with E-state index in [0.29, 0.717) is 12.8 Å². The first kappa shape index (κ1) is 12.7. The van der Waals surface area contributed by atoms with Crippen LogP contribution < -0.4 is 5.73 Å². The molecule has 86 valence electrons. The highest BCUT2D eigenvalue weighted by atomic mass is 16.1. The van der Waals surface area contributed by atoms with Crippen molar-refractivity contribution in [2.75, 3.05) is 0 Å². The van der Waals surface area contributed by atoms with Crippen LogP contribution in [0.25, 0.3) is 0 Å². The Bertz CT molecular complexity index is 356. The lowest BCUT2D eigenvalue weighted by atomic mass is 9.99. The Kier molecular flexibility index (Phi) is 4.93. The van der Waals surface area contributed by atoms with E-state index in [1.165, 1.54) is 0 Å². The number of benzene rings is 1. The third-order valence-electron chi connectivity index (χ3n) is 2.62. The molecule has 0 aliphatic heterocycles. The highest BCUT2D eigenvalue weighted by molar-refractivity contribution is 5.81. The van der Waals surface area contributed by atoms with Crippen LogP contribution in [0.5, 0.6) is 0 Å². The average Bonchev–Trinajstić information content (AvgIpc) is 2.29. The summed E-state index contributed by atoms with van der Waals surface area (Å²) in [6, 6.07) is 9.52. The molecule has 0 aliphatic carbocycles. The first-order valence-corrected chi connectivity index (χ1v) is 5.62. The maximum atomic E-state index is 11.7. The molecule has 1 aromatic carbocycles. The van der Waals surface area contributed by atoms with Crippen LogP contribution in [0.4, 0.5) is 0 Å². The maximum absolute atomic E-state index is 11.7. The summed E-state index contributed by atoms with van der Waals surface area (Å²) in [6.07, 6.45) is 1.70. The van der Waals surface area contributed by atoms with Gasteiger partial charge in [-0.25, -0.2) is 0 Å². The minimum absolute atomic E-state index is 0.170. The number of hydrogen-bond acceptors (Lipinski definition) is 2. The Balaban J connectivity index is 2.49. The summed E-state index contributed by atoms with van der Waals surface area (Å²) in [7, 11) is 0. The Morgan fingerprint density at radius 1 is 1.38 bits per heavy atom. The Labute approximate surface area is 97.2 Å². The van der Waals surface area contributed by atoms with Gasteiger partial charge in [0.15, 0.2) is 0 Å². The first-order valence-electron chi connectivity index (χ1n) is 5.62. The maximum Gasteiger partial charge on any atom is 0.138 e. The lowest BCUT2D eigenvalue weighted by Gasteiger charge is -2.11. The van der Waals surface area contributed by atoms with Crippen molar-refractivity contribution in [1.29, 1.82) is 0 Å². The summed E-state index contributed by atoms with van der Waals surface area (Å²) >= 11 is 0. The molecule has 2 nitrogen and oxygen atoms in total. The number of ketones is 1. The van der Waals surface area contributed by atoms with Crippen LogP contribution in [0.15, 0.2) is 42.5 Å². The fraction of sp³-hybridized carbons (Fsp3) is 0.357. The zero-order valence-corrected chi connectivity index (χ0v) is 9.78. The number of Topliss-reactive ketones (excluding diaryl/α,β-unsaturated/α-hetero) is 1. The number of rotatable bonds is 6. The number of allylic oxidation sites excluding steroid dienone is 1. The lowest BCUT2D eigenvalue weighted by Crippen LogP contribution is -2.15. The van der Waals surface area contributed by atoms with E-state index in [-0.39, 0.29) is 11.8 Å². The summed E-state index contributed by atoms with van der Waals surface area (Å²) < 4.78 is 0. The predicted octanol–water partition coefficient (Wildman–Crippen LogP) is 3.00. The monoisotopic (exact) mass is 217 g/mol. The van der Waals surface area contributed by atoms with Crippen molar-refractivity contribution in [3.05, 3.63) is 48.0 Å². The Hall–Kier alpha value is -1.41. The van der Waals surface area contributed by atoms with E-state index in [2.05, 4.69) is 6.58 Å². The van der Waals surface area contributed by atoms with Gasteiger partial charge in [0.05, 0.1) is 0 Å². The van der Waals surface area contributed by atoms with E-state index in [0.717, 1.165) is 17.6 Å². The van der Waals surface area contributed by atoms with E-state index < -0.39 is 0 Å². The predicted molar refractivity (Wildman–Crippen MR) is 67.0 cm³/mol. The molecular formula is C14H19NO. The van der Waals surface area contributed by atoms with Gasteiger partial charge in [-0.3, -0.25) is 4.79 Å². The average molecular weight is 217 g/mol. The van der Waals surface area contributed by atoms with E-state index in [9.17, 15) is 4.79 Å². The highest BCUT2D eigenvalue weighted by Gasteiger charge is 2.11. The molecule has 16 heavy (non-hydrogen) atoms. The number of carbonyl (C=O) groups excluding carboxylic acids is 1. The summed E-state index contributed by atoms with van der Waals surface area (Å²) in [6.45, 7) is 5.84. The molecule has 2 N–H and O–H groups in total. The molecule has 1 rings (SSSR count). The summed E-state index contributed by atoms with van der Waals surface area (Å²) in [4.78, 5) is 11.7. The second-order valence-electron chi connectivity index (χ2n) is 4.04. The smallest absolute Gasteiger partial charge is 0.138 e. The fourth-order valence-corrected chi connectivity index (χ4v) is 1.54. The Morgan fingerprint density at radius 2 is 2.00 bits per heavy atom. The van der Waals surface area contributed by atoms with Crippen molar-refractivity contribution >= 4 is 5.78 Å². The van der Waals surface area contributed by atoms with Gasteiger partial charge in [0.1, 0.15) is 5.78 Å². The van der Waals surface area contributed by atoms with Crippen molar-refractivity contribution in [2.24, 2.45) is 5.73 Å². The van der Waals surface area contributed by atoms with Gasteiger partial charge in [0.25, 0.3) is 0 Å². The van der Waals surface area contributed by atoms with Crippen LogP contribution in [-0.2, 0) is 4.79 Å². The second-order valence-corrected chi connectivity index (χ2v) is 4.04. The van der Waals surface area contributed by atoms with Crippen LogP contribution in [0.3, 0.4) is 0 Å². The highest BCUT2D eigenvalue weighted by Crippen LogP contribution is 2.16. The van der Waals surface area contributed by atoms with E-state index in [4.69, 9.17) is 5.73 Å². The third-order valence-corrected chi connectivity index (χ3v) is 2.62. The van der Waals surface area contributed by atoms with Gasteiger partial charge in [-0.15, -0.1) is 0 Å². The van der Waals surface area contributed by atoms with Crippen LogP contribution in [0.2, 0.25) is 0 Å². The van der Waals surface area contributed by atoms with Crippen molar-refractivity contribution in [3.63, 3.8) is 0 Å². The minimum Gasteiger partial charge on any atom is -0.324 e. The van der Waals surface area contributed by atoms with Gasteiger partial charge in [-0.05, 0) is 12.0 Å². The van der Waals surface area contributed by atoms with Gasteiger partial charge in [0.2, 0.25) is 0 Å².